The van der Waals surface area contributed by atoms with E-state index in [4.69, 9.17) is 4.42 Å². The number of nitrogens with one attached hydrogen (secondary N) is 2. The predicted octanol–water partition coefficient (Wildman–Crippen LogP) is 2.52. The highest BCUT2D eigenvalue weighted by Crippen LogP contribution is 2.16. The second-order valence-electron chi connectivity index (χ2n) is 7.25. The van der Waals surface area contributed by atoms with E-state index >= 15 is 0 Å². The Balaban J connectivity index is 1.36. The molecule has 6 nitrogen and oxygen atoms in total. The van der Waals surface area contributed by atoms with Crippen LogP contribution in [0.3, 0.4) is 0 Å². The van der Waals surface area contributed by atoms with Gasteiger partial charge in [-0.05, 0) is 44.7 Å². The predicted molar refractivity (Wildman–Crippen MR) is 109 cm³/mol. The summed E-state index contributed by atoms with van der Waals surface area (Å²) in [7, 11) is 1.79. The molecule has 1 aromatic heterocycles. The van der Waals surface area contributed by atoms with Gasteiger partial charge in [0.25, 0.3) is 0 Å². The number of oxazole rings is 1. The lowest BCUT2D eigenvalue weighted by molar-refractivity contribution is 0.328. The van der Waals surface area contributed by atoms with Crippen LogP contribution in [0.25, 0.3) is 0 Å². The normalized spacial score (nSPS) is 18.0. The van der Waals surface area contributed by atoms with Crippen molar-refractivity contribution >= 4 is 5.96 Å². The fourth-order valence-electron chi connectivity index (χ4n) is 3.45. The molecule has 27 heavy (non-hydrogen) atoms. The summed E-state index contributed by atoms with van der Waals surface area (Å²) in [6.45, 7) is 8.83. The third kappa shape index (κ3) is 5.82. The Hall–Kier alpha value is -2.34. The first-order chi connectivity index (χ1) is 13.1. The third-order valence-electron chi connectivity index (χ3n) is 5.19. The van der Waals surface area contributed by atoms with Gasteiger partial charge in [0.15, 0.2) is 5.96 Å². The summed E-state index contributed by atoms with van der Waals surface area (Å²) in [6, 6.07) is 10.7. The number of rotatable bonds is 7. The summed E-state index contributed by atoms with van der Waals surface area (Å²) in [4.78, 5) is 11.3. The molecule has 0 spiro atoms. The second kappa shape index (κ2) is 9.55. The fourth-order valence-corrected chi connectivity index (χ4v) is 3.45. The standard InChI is InChI=1S/C21H31N5O/c1-16-17(2)27-20(25-16)14-24-21(22-3)23-13-19-10-12-26(15-19)11-9-18-7-5-4-6-8-18/h4-8,19H,9-15H2,1-3H3,(H2,22,23,24). The first kappa shape index (κ1) is 19.4. The van der Waals surface area contributed by atoms with Gasteiger partial charge in [-0.1, -0.05) is 30.3 Å². The summed E-state index contributed by atoms with van der Waals surface area (Å²) in [6.07, 6.45) is 2.36. The molecule has 2 N–H and O–H groups in total. The Morgan fingerprint density at radius 3 is 2.78 bits per heavy atom. The molecule has 146 valence electrons. The Kier molecular flexibility index (Phi) is 6.87. The van der Waals surface area contributed by atoms with Gasteiger partial charge in [-0.3, -0.25) is 4.99 Å². The number of aliphatic imine (C=N–C) groups is 1. The van der Waals surface area contributed by atoms with Crippen LogP contribution < -0.4 is 10.6 Å². The molecule has 1 aliphatic heterocycles. The minimum atomic E-state index is 0.544. The molecule has 1 fully saturated rings. The zero-order valence-electron chi connectivity index (χ0n) is 16.7. The van der Waals surface area contributed by atoms with Crippen molar-refractivity contribution < 1.29 is 4.42 Å². The Morgan fingerprint density at radius 1 is 1.26 bits per heavy atom. The van der Waals surface area contributed by atoms with E-state index in [1.165, 1.54) is 18.5 Å². The van der Waals surface area contributed by atoms with Crippen molar-refractivity contribution in [2.45, 2.75) is 33.2 Å². The molecule has 0 radical (unpaired) electrons. The highest BCUT2D eigenvalue weighted by Gasteiger charge is 2.22. The van der Waals surface area contributed by atoms with Crippen LogP contribution in [-0.4, -0.2) is 49.1 Å². The smallest absolute Gasteiger partial charge is 0.214 e. The average molecular weight is 370 g/mol. The molecule has 0 amide bonds. The van der Waals surface area contributed by atoms with Gasteiger partial charge in [-0.2, -0.15) is 0 Å². The van der Waals surface area contributed by atoms with Gasteiger partial charge >= 0.3 is 0 Å². The van der Waals surface area contributed by atoms with Crippen molar-refractivity contribution in [3.63, 3.8) is 0 Å². The molecule has 2 aromatic rings. The topological polar surface area (TPSA) is 65.7 Å². The van der Waals surface area contributed by atoms with E-state index < -0.39 is 0 Å². The Bertz CT molecular complexity index is 721. The van der Waals surface area contributed by atoms with Crippen molar-refractivity contribution in [1.29, 1.82) is 0 Å². The van der Waals surface area contributed by atoms with Crippen LogP contribution >= 0.6 is 0 Å². The molecule has 0 aliphatic carbocycles. The van der Waals surface area contributed by atoms with Crippen LogP contribution in [-0.2, 0) is 13.0 Å². The number of hydrogen-bond donors (Lipinski definition) is 2. The van der Waals surface area contributed by atoms with Gasteiger partial charge in [0.05, 0.1) is 12.2 Å². The lowest BCUT2D eigenvalue weighted by Crippen LogP contribution is -2.40. The maximum absolute atomic E-state index is 5.60. The molecule has 1 aromatic carbocycles. The minimum Gasteiger partial charge on any atom is -0.444 e. The van der Waals surface area contributed by atoms with Gasteiger partial charge in [0.1, 0.15) is 5.76 Å². The maximum Gasteiger partial charge on any atom is 0.214 e. The highest BCUT2D eigenvalue weighted by atomic mass is 16.4. The van der Waals surface area contributed by atoms with Crippen LogP contribution in [0, 0.1) is 19.8 Å². The number of aromatic nitrogens is 1. The van der Waals surface area contributed by atoms with Gasteiger partial charge < -0.3 is 20.0 Å². The third-order valence-corrected chi connectivity index (χ3v) is 5.19. The first-order valence-electron chi connectivity index (χ1n) is 9.77. The molecule has 6 heteroatoms. The van der Waals surface area contributed by atoms with Crippen LogP contribution in [0.5, 0.6) is 0 Å². The van der Waals surface area contributed by atoms with E-state index in [1.807, 2.05) is 13.8 Å². The SMILES string of the molecule is CN=C(NCc1nc(C)c(C)o1)NCC1CCN(CCc2ccccc2)C1. The number of benzene rings is 1. The Labute approximate surface area is 162 Å². The van der Waals surface area contributed by atoms with Crippen LogP contribution in [0.15, 0.2) is 39.7 Å². The summed E-state index contributed by atoms with van der Waals surface area (Å²) in [5.74, 6) is 3.02. The van der Waals surface area contributed by atoms with Crippen molar-refractivity contribution in [3.8, 4) is 0 Å². The molecule has 1 atom stereocenters. The van der Waals surface area contributed by atoms with E-state index in [1.54, 1.807) is 7.05 Å². The molecule has 0 saturated carbocycles. The first-order valence-corrected chi connectivity index (χ1v) is 9.77. The van der Waals surface area contributed by atoms with Crippen LogP contribution in [0.1, 0.15) is 29.3 Å². The molecule has 3 rings (SSSR count). The minimum absolute atomic E-state index is 0.544. The van der Waals surface area contributed by atoms with Crippen molar-refractivity contribution in [2.75, 3.05) is 33.2 Å². The Morgan fingerprint density at radius 2 is 2.07 bits per heavy atom. The van der Waals surface area contributed by atoms with Crippen molar-refractivity contribution in [1.82, 2.24) is 20.5 Å². The number of likely N-dealkylation sites (tertiary alicyclic amines) is 1. The summed E-state index contributed by atoms with van der Waals surface area (Å²) >= 11 is 0. The second-order valence-corrected chi connectivity index (χ2v) is 7.25. The lowest BCUT2D eigenvalue weighted by atomic mass is 10.1. The van der Waals surface area contributed by atoms with E-state index in [0.29, 0.717) is 18.4 Å². The maximum atomic E-state index is 5.60. The molecule has 2 heterocycles. The monoisotopic (exact) mass is 369 g/mol. The highest BCUT2D eigenvalue weighted by molar-refractivity contribution is 5.79. The molecular formula is C21H31N5O. The number of aryl methyl sites for hydroxylation is 2. The molecule has 1 unspecified atom stereocenters. The number of nitrogens with zero attached hydrogens (tertiary/aromatic N) is 3. The molecule has 0 bridgehead atoms. The van der Waals surface area contributed by atoms with Crippen LogP contribution in [0.2, 0.25) is 0 Å². The van der Waals surface area contributed by atoms with E-state index in [9.17, 15) is 0 Å². The zero-order chi connectivity index (χ0) is 19.1. The lowest BCUT2D eigenvalue weighted by Gasteiger charge is -2.17. The summed E-state index contributed by atoms with van der Waals surface area (Å²) < 4.78 is 5.60. The number of hydrogen-bond acceptors (Lipinski definition) is 4. The largest absolute Gasteiger partial charge is 0.444 e. The van der Waals surface area contributed by atoms with Crippen LogP contribution in [0.4, 0.5) is 0 Å². The van der Waals surface area contributed by atoms with Crippen molar-refractivity contribution in [2.24, 2.45) is 10.9 Å². The van der Waals surface area contributed by atoms with Crippen molar-refractivity contribution in [3.05, 3.63) is 53.2 Å². The van der Waals surface area contributed by atoms with E-state index in [0.717, 1.165) is 43.5 Å². The zero-order valence-corrected chi connectivity index (χ0v) is 16.7. The van der Waals surface area contributed by atoms with Gasteiger partial charge in [-0.15, -0.1) is 0 Å². The van der Waals surface area contributed by atoms with Gasteiger partial charge in [-0.25, -0.2) is 4.98 Å². The number of guanidine groups is 1. The average Bonchev–Trinajstić information content (AvgIpc) is 3.27. The molecule has 1 saturated heterocycles. The van der Waals surface area contributed by atoms with Gasteiger partial charge in [0, 0.05) is 26.7 Å². The van der Waals surface area contributed by atoms with E-state index in [-0.39, 0.29) is 0 Å². The van der Waals surface area contributed by atoms with Gasteiger partial charge in [0.2, 0.25) is 5.89 Å². The van der Waals surface area contributed by atoms with E-state index in [2.05, 4.69) is 55.8 Å². The quantitative estimate of drug-likeness (QED) is 0.580. The molecule has 1 aliphatic rings. The fraction of sp³-hybridized carbons (Fsp3) is 0.524. The molecular weight excluding hydrogens is 338 g/mol. The summed E-state index contributed by atoms with van der Waals surface area (Å²) in [5, 5.41) is 6.72. The summed E-state index contributed by atoms with van der Waals surface area (Å²) in [5.41, 5.74) is 2.36.